The van der Waals surface area contributed by atoms with Gasteiger partial charge in [0.1, 0.15) is 0 Å². The molecule has 2 fully saturated rings. The van der Waals surface area contributed by atoms with Crippen LogP contribution in [0.2, 0.25) is 0 Å². The van der Waals surface area contributed by atoms with Gasteiger partial charge in [-0.3, -0.25) is 9.88 Å². The zero-order valence-electron chi connectivity index (χ0n) is 11.9. The van der Waals surface area contributed by atoms with Crippen molar-refractivity contribution >= 4 is 37.2 Å². The standard InChI is InChI=1S/C14H21N3O.3ClH/c1-4-15-5-2-12(1)10-17-7-8-18-11-13-3-6-16-9-14(13)17;;;/h1-2,4-5,13-14,16H,3,6-11H2;3*1H. The van der Waals surface area contributed by atoms with E-state index in [1.54, 1.807) is 0 Å². The Kier molecular flexibility index (Phi) is 10.5. The number of pyridine rings is 1. The van der Waals surface area contributed by atoms with Gasteiger partial charge in [0.2, 0.25) is 0 Å². The predicted molar refractivity (Wildman–Crippen MR) is 92.0 cm³/mol. The van der Waals surface area contributed by atoms with Crippen molar-refractivity contribution in [2.75, 3.05) is 32.8 Å². The van der Waals surface area contributed by atoms with Crippen LogP contribution in [0.25, 0.3) is 0 Å². The minimum Gasteiger partial charge on any atom is -0.380 e. The summed E-state index contributed by atoms with van der Waals surface area (Å²) < 4.78 is 5.75. The van der Waals surface area contributed by atoms with Crippen LogP contribution in [-0.2, 0) is 11.3 Å². The summed E-state index contributed by atoms with van der Waals surface area (Å²) in [5, 5.41) is 3.52. The van der Waals surface area contributed by atoms with Gasteiger partial charge in [0, 0.05) is 44.0 Å². The van der Waals surface area contributed by atoms with Gasteiger partial charge in [-0.1, -0.05) is 0 Å². The third-order valence-electron chi connectivity index (χ3n) is 4.05. The van der Waals surface area contributed by atoms with E-state index in [-0.39, 0.29) is 37.2 Å². The molecule has 1 aromatic heterocycles. The zero-order chi connectivity index (χ0) is 12.2. The van der Waals surface area contributed by atoms with Gasteiger partial charge in [-0.05, 0) is 30.7 Å². The first-order valence-electron chi connectivity index (χ1n) is 6.85. The van der Waals surface area contributed by atoms with Crippen molar-refractivity contribution in [3.05, 3.63) is 30.1 Å². The van der Waals surface area contributed by atoms with E-state index < -0.39 is 0 Å². The Bertz CT molecular complexity index is 383. The molecule has 2 aliphatic rings. The van der Waals surface area contributed by atoms with Crippen LogP contribution in [0.5, 0.6) is 0 Å². The van der Waals surface area contributed by atoms with Gasteiger partial charge in [-0.25, -0.2) is 0 Å². The molecule has 21 heavy (non-hydrogen) atoms. The van der Waals surface area contributed by atoms with Crippen molar-refractivity contribution in [1.82, 2.24) is 15.2 Å². The van der Waals surface area contributed by atoms with E-state index in [1.165, 1.54) is 12.0 Å². The number of ether oxygens (including phenoxy) is 1. The van der Waals surface area contributed by atoms with Gasteiger partial charge in [0.05, 0.1) is 13.2 Å². The molecule has 2 saturated heterocycles. The quantitative estimate of drug-likeness (QED) is 0.881. The molecule has 0 saturated carbocycles. The number of nitrogens with one attached hydrogen (secondary N) is 1. The van der Waals surface area contributed by atoms with Crippen molar-refractivity contribution in [2.45, 2.75) is 19.0 Å². The molecular formula is C14H24Cl3N3O. The maximum atomic E-state index is 5.75. The minimum atomic E-state index is 0. The van der Waals surface area contributed by atoms with E-state index in [4.69, 9.17) is 4.74 Å². The highest BCUT2D eigenvalue weighted by atomic mass is 35.5. The Labute approximate surface area is 145 Å². The summed E-state index contributed by atoms with van der Waals surface area (Å²) in [7, 11) is 0. The second-order valence-electron chi connectivity index (χ2n) is 5.22. The smallest absolute Gasteiger partial charge is 0.0593 e. The third kappa shape index (κ3) is 5.55. The highest BCUT2D eigenvalue weighted by molar-refractivity contribution is 5.86. The average molecular weight is 357 g/mol. The maximum Gasteiger partial charge on any atom is 0.0593 e. The van der Waals surface area contributed by atoms with Crippen LogP contribution in [0.15, 0.2) is 24.5 Å². The minimum absolute atomic E-state index is 0. The molecule has 0 aromatic carbocycles. The van der Waals surface area contributed by atoms with E-state index in [2.05, 4.69) is 27.3 Å². The van der Waals surface area contributed by atoms with Crippen LogP contribution in [0.4, 0.5) is 0 Å². The van der Waals surface area contributed by atoms with Crippen molar-refractivity contribution < 1.29 is 4.74 Å². The molecule has 1 N–H and O–H groups in total. The third-order valence-corrected chi connectivity index (χ3v) is 4.05. The molecule has 0 spiro atoms. The number of halogens is 3. The van der Waals surface area contributed by atoms with E-state index in [0.29, 0.717) is 12.0 Å². The summed E-state index contributed by atoms with van der Waals surface area (Å²) in [6.07, 6.45) is 4.98. The highest BCUT2D eigenvalue weighted by Gasteiger charge is 2.32. The van der Waals surface area contributed by atoms with Gasteiger partial charge in [0.25, 0.3) is 0 Å². The van der Waals surface area contributed by atoms with E-state index in [0.717, 1.165) is 39.4 Å². The second kappa shape index (κ2) is 10.6. The Balaban J connectivity index is 0.00000133. The van der Waals surface area contributed by atoms with Crippen LogP contribution in [-0.4, -0.2) is 48.8 Å². The molecule has 0 aliphatic carbocycles. The van der Waals surface area contributed by atoms with Crippen LogP contribution < -0.4 is 5.32 Å². The number of hydrogen-bond donors (Lipinski definition) is 1. The first kappa shape index (κ1) is 20.9. The van der Waals surface area contributed by atoms with Crippen LogP contribution in [0, 0.1) is 5.92 Å². The Morgan fingerprint density at radius 3 is 2.76 bits per heavy atom. The number of fused-ring (bicyclic) bond motifs is 1. The van der Waals surface area contributed by atoms with E-state index in [1.807, 2.05) is 12.4 Å². The Hall–Kier alpha value is -0.100. The van der Waals surface area contributed by atoms with Crippen molar-refractivity contribution in [3.8, 4) is 0 Å². The zero-order valence-corrected chi connectivity index (χ0v) is 14.4. The summed E-state index contributed by atoms with van der Waals surface area (Å²) in [4.78, 5) is 6.65. The number of rotatable bonds is 2. The molecule has 3 heterocycles. The van der Waals surface area contributed by atoms with E-state index >= 15 is 0 Å². The summed E-state index contributed by atoms with van der Waals surface area (Å²) >= 11 is 0. The van der Waals surface area contributed by atoms with Gasteiger partial charge in [-0.15, -0.1) is 37.2 Å². The van der Waals surface area contributed by atoms with Crippen LogP contribution in [0.3, 0.4) is 0 Å². The molecule has 0 radical (unpaired) electrons. The number of piperidine rings is 1. The first-order chi connectivity index (χ1) is 8.93. The molecule has 122 valence electrons. The molecule has 2 unspecified atom stereocenters. The fourth-order valence-electron chi connectivity index (χ4n) is 3.02. The largest absolute Gasteiger partial charge is 0.380 e. The molecule has 0 bridgehead atoms. The topological polar surface area (TPSA) is 37.4 Å². The Morgan fingerprint density at radius 2 is 2.00 bits per heavy atom. The average Bonchev–Trinajstić information content (AvgIpc) is 2.63. The lowest BCUT2D eigenvalue weighted by Gasteiger charge is -2.37. The highest BCUT2D eigenvalue weighted by Crippen LogP contribution is 2.22. The number of nitrogens with zero attached hydrogens (tertiary/aromatic N) is 2. The molecule has 0 amide bonds. The summed E-state index contributed by atoms with van der Waals surface area (Å²) in [6.45, 7) is 6.06. The predicted octanol–water partition coefficient (Wildman–Crippen LogP) is 2.16. The molecular weight excluding hydrogens is 333 g/mol. The lowest BCUT2D eigenvalue weighted by atomic mass is 9.92. The van der Waals surface area contributed by atoms with Crippen molar-refractivity contribution in [1.29, 1.82) is 0 Å². The SMILES string of the molecule is Cl.Cl.Cl.c1cc(CN2CCOCC3CCNCC32)ccn1. The molecule has 2 aliphatic heterocycles. The molecule has 2 atom stereocenters. The monoisotopic (exact) mass is 355 g/mol. The Morgan fingerprint density at radius 1 is 1.24 bits per heavy atom. The van der Waals surface area contributed by atoms with Gasteiger partial charge < -0.3 is 10.1 Å². The van der Waals surface area contributed by atoms with Gasteiger partial charge >= 0.3 is 0 Å². The van der Waals surface area contributed by atoms with Crippen LogP contribution >= 0.6 is 37.2 Å². The molecule has 1 aromatic rings. The van der Waals surface area contributed by atoms with Crippen molar-refractivity contribution in [3.63, 3.8) is 0 Å². The van der Waals surface area contributed by atoms with Gasteiger partial charge in [0.15, 0.2) is 0 Å². The fourth-order valence-corrected chi connectivity index (χ4v) is 3.02. The number of hydrogen-bond acceptors (Lipinski definition) is 4. The first-order valence-corrected chi connectivity index (χ1v) is 6.85. The molecule has 7 heteroatoms. The van der Waals surface area contributed by atoms with Gasteiger partial charge in [-0.2, -0.15) is 0 Å². The second-order valence-corrected chi connectivity index (χ2v) is 5.22. The summed E-state index contributed by atoms with van der Waals surface area (Å²) in [5.74, 6) is 0.690. The molecule has 3 rings (SSSR count). The maximum absolute atomic E-state index is 5.75. The molecule has 4 nitrogen and oxygen atoms in total. The summed E-state index contributed by atoms with van der Waals surface area (Å²) in [6, 6.07) is 4.84. The lowest BCUT2D eigenvalue weighted by Crippen LogP contribution is -2.51. The summed E-state index contributed by atoms with van der Waals surface area (Å²) in [5.41, 5.74) is 1.34. The fraction of sp³-hybridized carbons (Fsp3) is 0.643. The lowest BCUT2D eigenvalue weighted by molar-refractivity contribution is 0.0991. The van der Waals surface area contributed by atoms with Crippen molar-refractivity contribution in [2.24, 2.45) is 5.92 Å². The normalized spacial score (nSPS) is 25.3. The van der Waals surface area contributed by atoms with Crippen LogP contribution in [0.1, 0.15) is 12.0 Å². The van der Waals surface area contributed by atoms with E-state index in [9.17, 15) is 0 Å². The number of aromatic nitrogens is 1.